The fourth-order valence-electron chi connectivity index (χ4n) is 0.861. The van der Waals surface area contributed by atoms with Gasteiger partial charge in [-0.1, -0.05) is 6.07 Å². The Balaban J connectivity index is 2.65. The molecule has 66 valence electrons. The van der Waals surface area contributed by atoms with Gasteiger partial charge in [0.05, 0.1) is 6.07 Å². The van der Waals surface area contributed by atoms with Gasteiger partial charge in [0.1, 0.15) is 6.42 Å². The number of hydrogen-bond acceptors (Lipinski definition) is 3. The lowest BCUT2D eigenvalue weighted by atomic mass is 10.3. The maximum Gasteiger partial charge on any atom is 0.238 e. The van der Waals surface area contributed by atoms with Gasteiger partial charge in [0.15, 0.2) is 0 Å². The Labute approximate surface area is 81.8 Å². The Hall–Kier alpha value is -1.47. The number of carbonyl (C=O) groups excluding carboxylic acids is 1. The summed E-state index contributed by atoms with van der Waals surface area (Å²) < 4.78 is 0. The molecule has 0 spiro atoms. The zero-order chi connectivity index (χ0) is 9.68. The van der Waals surface area contributed by atoms with Crippen molar-refractivity contribution in [2.75, 3.05) is 5.32 Å². The zero-order valence-corrected chi connectivity index (χ0v) is 7.71. The molecule has 0 radical (unpaired) electrons. The topological polar surface area (TPSA) is 52.9 Å². The molecule has 0 saturated carbocycles. The number of thiol groups is 1. The van der Waals surface area contributed by atoms with Gasteiger partial charge in [0.2, 0.25) is 5.91 Å². The monoisotopic (exact) mass is 192 g/mol. The van der Waals surface area contributed by atoms with E-state index in [1.165, 1.54) is 0 Å². The second-order valence-corrected chi connectivity index (χ2v) is 2.95. The molecule has 0 fully saturated rings. The maximum atomic E-state index is 11.0. The van der Waals surface area contributed by atoms with Gasteiger partial charge in [-0.15, -0.1) is 12.6 Å². The second kappa shape index (κ2) is 4.53. The van der Waals surface area contributed by atoms with E-state index in [0.29, 0.717) is 5.69 Å². The number of nitrogens with zero attached hydrogens (tertiary/aromatic N) is 1. The molecule has 1 amide bonds. The van der Waals surface area contributed by atoms with Crippen molar-refractivity contribution in [3.8, 4) is 6.07 Å². The van der Waals surface area contributed by atoms with E-state index < -0.39 is 0 Å². The van der Waals surface area contributed by atoms with Crippen LogP contribution in [-0.2, 0) is 4.79 Å². The Morgan fingerprint density at radius 2 is 2.38 bits per heavy atom. The van der Waals surface area contributed by atoms with Crippen LogP contribution in [0.2, 0.25) is 0 Å². The van der Waals surface area contributed by atoms with E-state index in [1.807, 2.05) is 6.07 Å². The summed E-state index contributed by atoms with van der Waals surface area (Å²) in [5.74, 6) is -0.304. The van der Waals surface area contributed by atoms with Crippen molar-refractivity contribution in [3.63, 3.8) is 0 Å². The molecular weight excluding hydrogens is 184 g/mol. The summed E-state index contributed by atoms with van der Waals surface area (Å²) in [7, 11) is 0. The summed E-state index contributed by atoms with van der Waals surface area (Å²) >= 11 is 4.11. The SMILES string of the molecule is N#CCC(=O)Nc1cccc(S)c1. The molecule has 1 rings (SSSR count). The molecule has 0 aromatic heterocycles. The smallest absolute Gasteiger partial charge is 0.238 e. The first-order valence-corrected chi connectivity index (χ1v) is 4.13. The molecule has 13 heavy (non-hydrogen) atoms. The van der Waals surface area contributed by atoms with Gasteiger partial charge < -0.3 is 5.32 Å². The number of rotatable bonds is 2. The van der Waals surface area contributed by atoms with Gasteiger partial charge in [0.25, 0.3) is 0 Å². The van der Waals surface area contributed by atoms with E-state index in [9.17, 15) is 4.79 Å². The van der Waals surface area contributed by atoms with Gasteiger partial charge >= 0.3 is 0 Å². The van der Waals surface area contributed by atoms with Gasteiger partial charge in [-0.25, -0.2) is 0 Å². The molecule has 3 nitrogen and oxygen atoms in total. The molecule has 1 N–H and O–H groups in total. The Bertz CT molecular complexity index is 357. The predicted molar refractivity (Wildman–Crippen MR) is 52.6 cm³/mol. The normalized spacial score (nSPS) is 8.92. The number of carbonyl (C=O) groups is 1. The maximum absolute atomic E-state index is 11.0. The third-order valence-electron chi connectivity index (χ3n) is 1.37. The van der Waals surface area contributed by atoms with Crippen LogP contribution in [0.25, 0.3) is 0 Å². The molecule has 0 heterocycles. The molecule has 0 aliphatic carbocycles. The number of nitrogens with one attached hydrogen (secondary N) is 1. The van der Waals surface area contributed by atoms with Crippen molar-refractivity contribution in [3.05, 3.63) is 24.3 Å². The summed E-state index contributed by atoms with van der Waals surface area (Å²) in [6.07, 6.45) is -0.128. The average molecular weight is 192 g/mol. The lowest BCUT2D eigenvalue weighted by Gasteiger charge is -2.02. The van der Waals surface area contributed by atoms with Crippen LogP contribution in [0.3, 0.4) is 0 Å². The van der Waals surface area contributed by atoms with E-state index in [0.717, 1.165) is 4.90 Å². The van der Waals surface area contributed by atoms with Crippen molar-refractivity contribution in [1.29, 1.82) is 5.26 Å². The van der Waals surface area contributed by atoms with Gasteiger partial charge in [-0.05, 0) is 18.2 Å². The lowest BCUT2D eigenvalue weighted by molar-refractivity contribution is -0.115. The minimum Gasteiger partial charge on any atom is -0.325 e. The highest BCUT2D eigenvalue weighted by molar-refractivity contribution is 7.80. The van der Waals surface area contributed by atoms with Gasteiger partial charge in [-0.2, -0.15) is 5.26 Å². The molecular formula is C9H8N2OS. The van der Waals surface area contributed by atoms with Crippen LogP contribution in [0.15, 0.2) is 29.2 Å². The average Bonchev–Trinajstić information content (AvgIpc) is 2.04. The Morgan fingerprint density at radius 1 is 1.62 bits per heavy atom. The highest BCUT2D eigenvalue weighted by Crippen LogP contribution is 2.13. The summed E-state index contributed by atoms with van der Waals surface area (Å²) in [5, 5.41) is 10.8. The number of anilines is 1. The largest absolute Gasteiger partial charge is 0.325 e. The van der Waals surface area contributed by atoms with E-state index >= 15 is 0 Å². The molecule has 0 aliphatic rings. The van der Waals surface area contributed by atoms with Crippen molar-refractivity contribution >= 4 is 24.2 Å². The fraction of sp³-hybridized carbons (Fsp3) is 0.111. The molecule has 0 aliphatic heterocycles. The molecule has 0 unspecified atom stereocenters. The van der Waals surface area contributed by atoms with E-state index in [4.69, 9.17) is 5.26 Å². The number of nitriles is 1. The van der Waals surface area contributed by atoms with Crippen LogP contribution in [-0.4, -0.2) is 5.91 Å². The highest BCUT2D eigenvalue weighted by Gasteiger charge is 2.00. The summed E-state index contributed by atoms with van der Waals surface area (Å²) in [5.41, 5.74) is 0.660. The van der Waals surface area contributed by atoms with Crippen LogP contribution in [0.1, 0.15) is 6.42 Å². The second-order valence-electron chi connectivity index (χ2n) is 2.43. The van der Waals surface area contributed by atoms with Crippen LogP contribution in [0.5, 0.6) is 0 Å². The minimum absolute atomic E-state index is 0.128. The van der Waals surface area contributed by atoms with Crippen molar-refractivity contribution < 1.29 is 4.79 Å². The summed E-state index contributed by atoms with van der Waals surface area (Å²) in [6.45, 7) is 0. The molecule has 1 aromatic rings. The van der Waals surface area contributed by atoms with Gasteiger partial charge in [0, 0.05) is 10.6 Å². The standard InChI is InChI=1S/C9H8N2OS/c10-5-4-9(12)11-7-2-1-3-8(13)6-7/h1-3,6,13H,4H2,(H,11,12). The van der Waals surface area contributed by atoms with Crippen molar-refractivity contribution in [2.24, 2.45) is 0 Å². The third-order valence-corrected chi connectivity index (χ3v) is 1.65. The third kappa shape index (κ3) is 3.18. The quantitative estimate of drug-likeness (QED) is 0.702. The molecule has 0 saturated heterocycles. The first-order valence-electron chi connectivity index (χ1n) is 3.68. The van der Waals surface area contributed by atoms with Crippen LogP contribution in [0, 0.1) is 11.3 Å². The molecule has 1 aromatic carbocycles. The van der Waals surface area contributed by atoms with E-state index in [-0.39, 0.29) is 12.3 Å². The fourth-order valence-corrected chi connectivity index (χ4v) is 1.09. The summed E-state index contributed by atoms with van der Waals surface area (Å²) in [6, 6.07) is 8.83. The Kier molecular flexibility index (Phi) is 3.35. The minimum atomic E-state index is -0.304. The van der Waals surface area contributed by atoms with Crippen molar-refractivity contribution in [1.82, 2.24) is 0 Å². The first-order chi connectivity index (χ1) is 6.22. The first kappa shape index (κ1) is 9.62. The van der Waals surface area contributed by atoms with Crippen molar-refractivity contribution in [2.45, 2.75) is 11.3 Å². The number of benzene rings is 1. The highest BCUT2D eigenvalue weighted by atomic mass is 32.1. The molecule has 0 atom stereocenters. The van der Waals surface area contributed by atoms with Crippen LogP contribution in [0.4, 0.5) is 5.69 Å². The molecule has 0 bridgehead atoms. The Morgan fingerprint density at radius 3 is 3.00 bits per heavy atom. The predicted octanol–water partition coefficient (Wildman–Crippen LogP) is 1.83. The van der Waals surface area contributed by atoms with Gasteiger partial charge in [-0.3, -0.25) is 4.79 Å². The van der Waals surface area contributed by atoms with E-state index in [1.54, 1.807) is 24.3 Å². The van der Waals surface area contributed by atoms with E-state index in [2.05, 4.69) is 17.9 Å². The molecule has 4 heteroatoms. The lowest BCUT2D eigenvalue weighted by Crippen LogP contribution is -2.09. The van der Waals surface area contributed by atoms with Crippen LogP contribution < -0.4 is 5.32 Å². The number of hydrogen-bond donors (Lipinski definition) is 2. The van der Waals surface area contributed by atoms with Crippen LogP contribution >= 0.6 is 12.6 Å². The summed E-state index contributed by atoms with van der Waals surface area (Å²) in [4.78, 5) is 11.7. The number of amides is 1. The zero-order valence-electron chi connectivity index (χ0n) is 6.82.